The predicted octanol–water partition coefficient (Wildman–Crippen LogP) is 5.64. The minimum absolute atomic E-state index is 0.442. The minimum Gasteiger partial charge on any atom is -0.366 e. The molecule has 0 aromatic heterocycles. The minimum atomic E-state index is 0.442. The van der Waals surface area contributed by atoms with Gasteiger partial charge in [0.05, 0.1) is 6.61 Å². The molecule has 0 heterocycles. The highest BCUT2D eigenvalue weighted by molar-refractivity contribution is 7.09. The van der Waals surface area contributed by atoms with Crippen LogP contribution < -0.4 is 0 Å². The first kappa shape index (κ1) is 17.2. The summed E-state index contributed by atoms with van der Waals surface area (Å²) in [6, 6.07) is 13.8. The number of benzene rings is 2. The van der Waals surface area contributed by atoms with E-state index in [4.69, 9.17) is 4.52 Å². The van der Waals surface area contributed by atoms with Gasteiger partial charge in [0, 0.05) is 15.4 Å². The van der Waals surface area contributed by atoms with Crippen molar-refractivity contribution in [2.45, 2.75) is 46.5 Å². The molecule has 118 valence electrons. The SMILES string of the molecule is Cc1cc(C)cc(C(CCCOP)c2cc(C)cc(C)c2)c1. The molecule has 0 amide bonds. The van der Waals surface area contributed by atoms with Crippen LogP contribution in [0.4, 0.5) is 0 Å². The number of hydrogen-bond acceptors (Lipinski definition) is 1. The number of aryl methyl sites for hydroxylation is 4. The Labute approximate surface area is 137 Å². The molecule has 0 aliphatic carbocycles. The normalized spacial score (nSPS) is 11.2. The zero-order valence-electron chi connectivity index (χ0n) is 14.1. The number of rotatable bonds is 6. The maximum Gasteiger partial charge on any atom is 0.0502 e. The Hall–Kier alpha value is -1.17. The molecule has 1 unspecified atom stereocenters. The average Bonchev–Trinajstić information content (AvgIpc) is 2.41. The van der Waals surface area contributed by atoms with E-state index >= 15 is 0 Å². The smallest absolute Gasteiger partial charge is 0.0502 e. The van der Waals surface area contributed by atoms with Gasteiger partial charge in [-0.25, -0.2) is 0 Å². The van der Waals surface area contributed by atoms with E-state index in [2.05, 4.69) is 73.6 Å². The summed E-state index contributed by atoms with van der Waals surface area (Å²) >= 11 is 0. The molecule has 2 rings (SSSR count). The van der Waals surface area contributed by atoms with Crippen molar-refractivity contribution in [1.82, 2.24) is 0 Å². The van der Waals surface area contributed by atoms with Gasteiger partial charge >= 0.3 is 0 Å². The summed E-state index contributed by atoms with van der Waals surface area (Å²) in [4.78, 5) is 0. The highest BCUT2D eigenvalue weighted by atomic mass is 31.0. The quantitative estimate of drug-likeness (QED) is 0.495. The lowest BCUT2D eigenvalue weighted by molar-refractivity contribution is 0.353. The van der Waals surface area contributed by atoms with E-state index < -0.39 is 0 Å². The van der Waals surface area contributed by atoms with Gasteiger partial charge in [-0.05, 0) is 51.7 Å². The Morgan fingerprint density at radius 1 is 0.773 bits per heavy atom. The van der Waals surface area contributed by atoms with Crippen molar-refractivity contribution in [3.63, 3.8) is 0 Å². The Balaban J connectivity index is 2.40. The Bertz CT molecular complexity index is 542. The van der Waals surface area contributed by atoms with Crippen molar-refractivity contribution >= 4 is 9.47 Å². The lowest BCUT2D eigenvalue weighted by Crippen LogP contribution is -2.04. The lowest BCUT2D eigenvalue weighted by atomic mass is 9.85. The molecule has 0 N–H and O–H groups in total. The molecule has 0 bridgehead atoms. The standard InChI is InChI=1S/C20H27OP/c1-14-8-15(2)11-18(10-14)20(6-5-7-21-22)19-12-16(3)9-17(4)13-19/h8-13,20H,5-7,22H2,1-4H3. The van der Waals surface area contributed by atoms with Crippen molar-refractivity contribution < 1.29 is 4.52 Å². The van der Waals surface area contributed by atoms with Crippen LogP contribution in [-0.4, -0.2) is 6.61 Å². The summed E-state index contributed by atoms with van der Waals surface area (Å²) < 4.78 is 5.18. The second kappa shape index (κ2) is 7.90. The molecular weight excluding hydrogens is 287 g/mol. The van der Waals surface area contributed by atoms with Crippen molar-refractivity contribution in [3.05, 3.63) is 69.8 Å². The molecule has 0 aliphatic rings. The maximum absolute atomic E-state index is 5.18. The van der Waals surface area contributed by atoms with Gasteiger partial charge in [0.15, 0.2) is 0 Å². The van der Waals surface area contributed by atoms with Gasteiger partial charge in [0.1, 0.15) is 0 Å². The van der Waals surface area contributed by atoms with Gasteiger partial charge in [-0.1, -0.05) is 58.7 Å². The predicted molar refractivity (Wildman–Crippen MR) is 98.6 cm³/mol. The fourth-order valence-corrected chi connectivity index (χ4v) is 3.49. The summed E-state index contributed by atoms with van der Waals surface area (Å²) in [7, 11) is 2.35. The van der Waals surface area contributed by atoms with Gasteiger partial charge in [0.2, 0.25) is 0 Å². The fourth-order valence-electron chi connectivity index (χ4n) is 3.32. The Morgan fingerprint density at radius 2 is 1.18 bits per heavy atom. The summed E-state index contributed by atoms with van der Waals surface area (Å²) in [6.45, 7) is 9.51. The topological polar surface area (TPSA) is 9.23 Å². The third-order valence-electron chi connectivity index (χ3n) is 4.05. The van der Waals surface area contributed by atoms with Gasteiger partial charge in [-0.2, -0.15) is 0 Å². The summed E-state index contributed by atoms with van der Waals surface area (Å²) in [5, 5.41) is 0. The zero-order valence-corrected chi connectivity index (χ0v) is 15.3. The Morgan fingerprint density at radius 3 is 1.55 bits per heavy atom. The van der Waals surface area contributed by atoms with Crippen LogP contribution in [-0.2, 0) is 4.52 Å². The molecule has 0 spiro atoms. The van der Waals surface area contributed by atoms with Crippen LogP contribution in [0.5, 0.6) is 0 Å². The Kier molecular flexibility index (Phi) is 6.17. The van der Waals surface area contributed by atoms with Crippen LogP contribution >= 0.6 is 9.47 Å². The van der Waals surface area contributed by atoms with Crippen molar-refractivity contribution in [2.24, 2.45) is 0 Å². The van der Waals surface area contributed by atoms with Crippen molar-refractivity contribution in [3.8, 4) is 0 Å². The molecule has 0 aliphatic heterocycles. The first-order valence-electron chi connectivity index (χ1n) is 7.97. The van der Waals surface area contributed by atoms with Gasteiger partial charge in [0.25, 0.3) is 0 Å². The van der Waals surface area contributed by atoms with E-state index in [1.54, 1.807) is 0 Å². The molecule has 1 nitrogen and oxygen atoms in total. The summed E-state index contributed by atoms with van der Waals surface area (Å²) in [5.74, 6) is 0.442. The second-order valence-corrected chi connectivity index (χ2v) is 6.74. The molecule has 1 atom stereocenters. The molecule has 0 saturated heterocycles. The van der Waals surface area contributed by atoms with Gasteiger partial charge < -0.3 is 4.52 Å². The van der Waals surface area contributed by atoms with Crippen molar-refractivity contribution in [1.29, 1.82) is 0 Å². The van der Waals surface area contributed by atoms with Gasteiger partial charge in [-0.3, -0.25) is 0 Å². The highest BCUT2D eigenvalue weighted by Gasteiger charge is 2.15. The van der Waals surface area contributed by atoms with Crippen LogP contribution in [0, 0.1) is 27.7 Å². The van der Waals surface area contributed by atoms with E-state index in [0.717, 1.165) is 19.4 Å². The van der Waals surface area contributed by atoms with Crippen LogP contribution in [0.25, 0.3) is 0 Å². The largest absolute Gasteiger partial charge is 0.366 e. The van der Waals surface area contributed by atoms with E-state index in [1.807, 2.05) is 0 Å². The van der Waals surface area contributed by atoms with Gasteiger partial charge in [-0.15, -0.1) is 0 Å². The van der Waals surface area contributed by atoms with Crippen LogP contribution in [0.1, 0.15) is 52.1 Å². The summed E-state index contributed by atoms with van der Waals surface area (Å²) in [5.41, 5.74) is 8.20. The summed E-state index contributed by atoms with van der Waals surface area (Å²) in [6.07, 6.45) is 2.17. The molecule has 0 saturated carbocycles. The second-order valence-electron chi connectivity index (χ2n) is 6.41. The molecular formula is C20H27OP. The fraction of sp³-hybridized carbons (Fsp3) is 0.400. The van der Waals surface area contributed by atoms with E-state index in [0.29, 0.717) is 5.92 Å². The number of hydrogen-bond donors (Lipinski definition) is 0. The van der Waals surface area contributed by atoms with Crippen LogP contribution in [0.2, 0.25) is 0 Å². The molecule has 2 heteroatoms. The first-order valence-corrected chi connectivity index (χ1v) is 8.45. The highest BCUT2D eigenvalue weighted by Crippen LogP contribution is 2.32. The molecule has 2 aromatic rings. The molecule has 2 aromatic carbocycles. The maximum atomic E-state index is 5.18. The van der Waals surface area contributed by atoms with E-state index in [9.17, 15) is 0 Å². The lowest BCUT2D eigenvalue weighted by Gasteiger charge is -2.20. The zero-order chi connectivity index (χ0) is 16.1. The third-order valence-corrected chi connectivity index (χ3v) is 4.28. The average molecular weight is 314 g/mol. The van der Waals surface area contributed by atoms with E-state index in [-0.39, 0.29) is 0 Å². The third kappa shape index (κ3) is 4.66. The van der Waals surface area contributed by atoms with Crippen molar-refractivity contribution in [2.75, 3.05) is 6.61 Å². The first-order chi connectivity index (χ1) is 10.5. The molecule has 22 heavy (non-hydrogen) atoms. The van der Waals surface area contributed by atoms with Crippen LogP contribution in [0.15, 0.2) is 36.4 Å². The monoisotopic (exact) mass is 314 g/mol. The van der Waals surface area contributed by atoms with E-state index in [1.165, 1.54) is 33.4 Å². The molecule has 0 fully saturated rings. The molecule has 0 radical (unpaired) electrons. The van der Waals surface area contributed by atoms with Crippen LogP contribution in [0.3, 0.4) is 0 Å².